The normalized spacial score (nSPS) is 23.2. The molecule has 0 bridgehead atoms. The van der Waals surface area contributed by atoms with Gasteiger partial charge >= 0.3 is 0 Å². The number of rotatable bonds is 3. The lowest BCUT2D eigenvalue weighted by molar-refractivity contribution is -0.141. The third-order valence-corrected chi connectivity index (χ3v) is 2.23. The third-order valence-electron chi connectivity index (χ3n) is 2.23. The van der Waals surface area contributed by atoms with E-state index in [9.17, 15) is 0 Å². The number of aromatic nitrogens is 1. The molecule has 0 amide bonds. The predicted octanol–water partition coefficient (Wildman–Crippen LogP) is 1.19. The van der Waals surface area contributed by atoms with Gasteiger partial charge in [-0.3, -0.25) is 0 Å². The summed E-state index contributed by atoms with van der Waals surface area (Å²) in [6, 6.07) is 5.27. The number of anilines is 1. The van der Waals surface area contributed by atoms with Gasteiger partial charge in [0.25, 0.3) is 0 Å². The first-order valence-electron chi connectivity index (χ1n) is 5.22. The molecule has 5 heteroatoms. The van der Waals surface area contributed by atoms with Crippen molar-refractivity contribution in [3.8, 4) is 5.88 Å². The lowest BCUT2D eigenvalue weighted by Gasteiger charge is -2.17. The molecule has 2 N–H and O–H groups in total. The van der Waals surface area contributed by atoms with Gasteiger partial charge in [-0.05, 0) is 19.9 Å². The standard InChI is InChI=1S/C11H16N2O3/c1-11(2)15-7-8(16-11)6-14-10-5-3-4-9(12)13-10/h3-5,8H,6-7H2,1-2H3,(H2,12,13)/t8-/m1/s1. The first kappa shape index (κ1) is 11.2. The maximum absolute atomic E-state index is 5.59. The Balaban J connectivity index is 1.84. The summed E-state index contributed by atoms with van der Waals surface area (Å²) >= 11 is 0. The Labute approximate surface area is 94.5 Å². The Morgan fingerprint density at radius 2 is 2.38 bits per heavy atom. The van der Waals surface area contributed by atoms with Gasteiger partial charge in [0.15, 0.2) is 5.79 Å². The van der Waals surface area contributed by atoms with Crippen LogP contribution in [-0.2, 0) is 9.47 Å². The van der Waals surface area contributed by atoms with E-state index in [4.69, 9.17) is 19.9 Å². The van der Waals surface area contributed by atoms with Crippen molar-refractivity contribution in [1.82, 2.24) is 4.98 Å². The van der Waals surface area contributed by atoms with Crippen molar-refractivity contribution in [1.29, 1.82) is 0 Å². The van der Waals surface area contributed by atoms with Crippen LogP contribution in [0.4, 0.5) is 5.82 Å². The smallest absolute Gasteiger partial charge is 0.215 e. The Morgan fingerprint density at radius 3 is 3.00 bits per heavy atom. The molecule has 0 spiro atoms. The second-order valence-corrected chi connectivity index (χ2v) is 4.16. The zero-order valence-electron chi connectivity index (χ0n) is 9.47. The Bertz CT molecular complexity index is 368. The molecule has 1 aliphatic rings. The van der Waals surface area contributed by atoms with E-state index >= 15 is 0 Å². The molecule has 0 radical (unpaired) electrons. The minimum absolute atomic E-state index is 0.0572. The largest absolute Gasteiger partial charge is 0.475 e. The van der Waals surface area contributed by atoms with E-state index in [-0.39, 0.29) is 6.10 Å². The van der Waals surface area contributed by atoms with Crippen molar-refractivity contribution in [2.24, 2.45) is 0 Å². The fourth-order valence-electron chi connectivity index (χ4n) is 1.53. The summed E-state index contributed by atoms with van der Waals surface area (Å²) in [6.45, 7) is 4.71. The van der Waals surface area contributed by atoms with Crippen molar-refractivity contribution in [3.63, 3.8) is 0 Å². The van der Waals surface area contributed by atoms with Crippen molar-refractivity contribution in [2.75, 3.05) is 18.9 Å². The van der Waals surface area contributed by atoms with Gasteiger partial charge in [-0.1, -0.05) is 6.07 Å². The summed E-state index contributed by atoms with van der Waals surface area (Å²) in [5.74, 6) is 0.437. The number of nitrogens with zero attached hydrogens (tertiary/aromatic N) is 1. The van der Waals surface area contributed by atoms with E-state index in [1.165, 1.54) is 0 Å². The Kier molecular flexibility index (Phi) is 2.98. The zero-order valence-corrected chi connectivity index (χ0v) is 9.47. The number of nitrogen functional groups attached to an aromatic ring is 1. The van der Waals surface area contributed by atoms with Crippen LogP contribution in [-0.4, -0.2) is 30.1 Å². The van der Waals surface area contributed by atoms with Crippen LogP contribution < -0.4 is 10.5 Å². The minimum Gasteiger partial charge on any atom is -0.475 e. The van der Waals surface area contributed by atoms with Gasteiger partial charge in [-0.25, -0.2) is 0 Å². The van der Waals surface area contributed by atoms with E-state index in [1.54, 1.807) is 18.2 Å². The summed E-state index contributed by atoms with van der Waals surface area (Å²) in [4.78, 5) is 4.03. The van der Waals surface area contributed by atoms with Gasteiger partial charge in [0.2, 0.25) is 5.88 Å². The molecule has 1 fully saturated rings. The average Bonchev–Trinajstić information content (AvgIpc) is 2.56. The molecule has 1 saturated heterocycles. The van der Waals surface area contributed by atoms with E-state index in [2.05, 4.69) is 4.98 Å². The molecule has 1 aromatic heterocycles. The molecule has 1 atom stereocenters. The summed E-state index contributed by atoms with van der Waals surface area (Å²) in [7, 11) is 0. The second kappa shape index (κ2) is 4.27. The average molecular weight is 224 g/mol. The highest BCUT2D eigenvalue weighted by molar-refractivity contribution is 5.31. The third kappa shape index (κ3) is 2.84. The van der Waals surface area contributed by atoms with Crippen molar-refractivity contribution in [3.05, 3.63) is 18.2 Å². The molecule has 0 aromatic carbocycles. The zero-order chi connectivity index (χ0) is 11.6. The molecule has 88 valence electrons. The highest BCUT2D eigenvalue weighted by Gasteiger charge is 2.32. The fraction of sp³-hybridized carbons (Fsp3) is 0.545. The molecular formula is C11H16N2O3. The second-order valence-electron chi connectivity index (χ2n) is 4.16. The van der Waals surface area contributed by atoms with E-state index in [0.717, 1.165) is 0 Å². The summed E-state index contributed by atoms with van der Waals surface area (Å²) < 4.78 is 16.5. The first-order chi connectivity index (χ1) is 7.55. The van der Waals surface area contributed by atoms with Gasteiger partial charge < -0.3 is 19.9 Å². The molecule has 1 aromatic rings. The number of pyridine rings is 1. The Hall–Kier alpha value is -1.33. The van der Waals surface area contributed by atoms with Gasteiger partial charge in [0, 0.05) is 6.07 Å². The summed E-state index contributed by atoms with van der Waals surface area (Å²) in [5, 5.41) is 0. The van der Waals surface area contributed by atoms with Crippen LogP contribution in [0.2, 0.25) is 0 Å². The highest BCUT2D eigenvalue weighted by atomic mass is 16.7. The molecule has 16 heavy (non-hydrogen) atoms. The molecule has 1 aliphatic heterocycles. The van der Waals surface area contributed by atoms with Crippen molar-refractivity contribution in [2.45, 2.75) is 25.7 Å². The van der Waals surface area contributed by atoms with Gasteiger partial charge in [-0.15, -0.1) is 0 Å². The van der Waals surface area contributed by atoms with Crippen LogP contribution in [0, 0.1) is 0 Å². The lowest BCUT2D eigenvalue weighted by atomic mass is 10.4. The SMILES string of the molecule is CC1(C)OC[C@@H](COc2cccc(N)n2)O1. The molecular weight excluding hydrogens is 208 g/mol. The molecule has 0 unspecified atom stereocenters. The number of hydrogen-bond acceptors (Lipinski definition) is 5. The maximum Gasteiger partial charge on any atom is 0.215 e. The summed E-state index contributed by atoms with van der Waals surface area (Å²) in [6.07, 6.45) is -0.0572. The number of nitrogens with two attached hydrogens (primary N) is 1. The number of ether oxygens (including phenoxy) is 3. The van der Waals surface area contributed by atoms with E-state index in [1.807, 2.05) is 13.8 Å². The summed E-state index contributed by atoms with van der Waals surface area (Å²) in [5.41, 5.74) is 5.54. The topological polar surface area (TPSA) is 66.6 Å². The van der Waals surface area contributed by atoms with E-state index < -0.39 is 5.79 Å². The van der Waals surface area contributed by atoms with Gasteiger partial charge in [0.1, 0.15) is 18.5 Å². The fourth-order valence-corrected chi connectivity index (χ4v) is 1.53. The number of hydrogen-bond donors (Lipinski definition) is 1. The van der Waals surface area contributed by atoms with Gasteiger partial charge in [-0.2, -0.15) is 4.98 Å². The highest BCUT2D eigenvalue weighted by Crippen LogP contribution is 2.22. The van der Waals surface area contributed by atoms with Crippen LogP contribution in [0.15, 0.2) is 18.2 Å². The van der Waals surface area contributed by atoms with Crippen LogP contribution in [0.5, 0.6) is 5.88 Å². The maximum atomic E-state index is 5.59. The molecule has 0 saturated carbocycles. The predicted molar refractivity (Wildman–Crippen MR) is 59.0 cm³/mol. The van der Waals surface area contributed by atoms with E-state index in [0.29, 0.717) is 24.9 Å². The van der Waals surface area contributed by atoms with Gasteiger partial charge in [0.05, 0.1) is 6.61 Å². The minimum atomic E-state index is -0.517. The molecule has 2 heterocycles. The quantitative estimate of drug-likeness (QED) is 0.835. The van der Waals surface area contributed by atoms with Crippen LogP contribution in [0.1, 0.15) is 13.8 Å². The van der Waals surface area contributed by atoms with Crippen LogP contribution in [0.25, 0.3) is 0 Å². The molecule has 0 aliphatic carbocycles. The van der Waals surface area contributed by atoms with Crippen LogP contribution >= 0.6 is 0 Å². The van der Waals surface area contributed by atoms with Crippen molar-refractivity contribution >= 4 is 5.82 Å². The van der Waals surface area contributed by atoms with Crippen molar-refractivity contribution < 1.29 is 14.2 Å². The monoisotopic (exact) mass is 224 g/mol. The first-order valence-corrected chi connectivity index (χ1v) is 5.22. The van der Waals surface area contributed by atoms with Crippen LogP contribution in [0.3, 0.4) is 0 Å². The Morgan fingerprint density at radius 1 is 1.56 bits per heavy atom. The lowest BCUT2D eigenvalue weighted by Crippen LogP contribution is -2.25. The molecule has 5 nitrogen and oxygen atoms in total. The molecule has 2 rings (SSSR count).